The number of nitrogens with zero attached hydrogens (tertiary/aromatic N) is 2. The zero-order valence-electron chi connectivity index (χ0n) is 37.0. The van der Waals surface area contributed by atoms with Crippen molar-refractivity contribution in [3.8, 4) is 0 Å². The number of carbonyl (C=O) groups excluding carboxylic acids is 4. The average Bonchev–Trinajstić information content (AvgIpc) is 4.09. The van der Waals surface area contributed by atoms with Crippen molar-refractivity contribution in [3.63, 3.8) is 0 Å². The molecule has 2 aliphatic carbocycles. The molecule has 71 heavy (non-hydrogen) atoms. The van der Waals surface area contributed by atoms with Crippen molar-refractivity contribution in [2.75, 3.05) is 24.9 Å². The second-order valence-electron chi connectivity index (χ2n) is 15.5. The van der Waals surface area contributed by atoms with Crippen LogP contribution in [0.15, 0.2) is 107 Å². The van der Waals surface area contributed by atoms with Crippen molar-refractivity contribution < 1.29 is 54.3 Å². The number of aryl methyl sites for hydroxylation is 2. The molecule has 0 aliphatic heterocycles. The Hall–Kier alpha value is -6.29. The van der Waals surface area contributed by atoms with E-state index in [9.17, 15) is 44.8 Å². The number of alkyl carbamates (subject to hydrolysis) is 1. The summed E-state index contributed by atoms with van der Waals surface area (Å²) in [5, 5.41) is 7.54. The van der Waals surface area contributed by atoms with Gasteiger partial charge in [0.2, 0.25) is 0 Å². The summed E-state index contributed by atoms with van der Waals surface area (Å²) >= 11 is 16.2. The summed E-state index contributed by atoms with van der Waals surface area (Å²) in [5.74, 6) is -2.61. The number of ether oxygens (including phenoxy) is 2. The maximum absolute atomic E-state index is 13.5. The number of benzene rings is 4. The Morgan fingerprint density at radius 1 is 0.648 bits per heavy atom. The molecule has 2 heterocycles. The Kier molecular flexibility index (Phi) is 19.2. The fourth-order valence-corrected chi connectivity index (χ4v) is 10.6. The lowest BCUT2D eigenvalue weighted by Gasteiger charge is -2.14. The van der Waals surface area contributed by atoms with Crippen LogP contribution in [0.1, 0.15) is 94.1 Å². The van der Waals surface area contributed by atoms with Gasteiger partial charge < -0.3 is 31.2 Å². The first kappa shape index (κ1) is 57.3. The molecular formula is C48H51Cl3F2N6O10S2. The molecule has 5 N–H and O–H groups in total. The number of nitrogens with two attached hydrogens (primary N) is 1. The number of hydrogen-bond acceptors (Lipinski definition) is 11. The van der Waals surface area contributed by atoms with Gasteiger partial charge in [-0.3, -0.25) is 9.59 Å². The molecule has 0 radical (unpaired) electrons. The molecule has 0 bridgehead atoms. The highest BCUT2D eigenvalue weighted by molar-refractivity contribution is 7.90. The molecule has 8 rings (SSSR count). The van der Waals surface area contributed by atoms with Gasteiger partial charge in [0.15, 0.2) is 0 Å². The third-order valence-electron chi connectivity index (χ3n) is 11.0. The summed E-state index contributed by atoms with van der Waals surface area (Å²) < 4.78 is 91.0. The van der Waals surface area contributed by atoms with Gasteiger partial charge in [0, 0.05) is 41.4 Å². The number of halogens is 5. The number of amides is 3. The van der Waals surface area contributed by atoms with Crippen LogP contribution in [-0.2, 0) is 42.4 Å². The lowest BCUT2D eigenvalue weighted by molar-refractivity contribution is 0.101. The van der Waals surface area contributed by atoms with Crippen molar-refractivity contribution in [2.24, 2.45) is 5.73 Å². The summed E-state index contributed by atoms with van der Waals surface area (Å²) in [4.78, 5) is 47.6. The van der Waals surface area contributed by atoms with Gasteiger partial charge >= 0.3 is 11.5 Å². The van der Waals surface area contributed by atoms with E-state index in [1.807, 2.05) is 13.8 Å². The van der Waals surface area contributed by atoms with Crippen LogP contribution in [0.3, 0.4) is 0 Å². The van der Waals surface area contributed by atoms with Gasteiger partial charge in [-0.15, -0.1) is 0 Å². The predicted octanol–water partition coefficient (Wildman–Crippen LogP) is 10.7. The fourth-order valence-electron chi connectivity index (χ4n) is 7.50. The van der Waals surface area contributed by atoms with Crippen LogP contribution in [0.5, 0.6) is 0 Å². The van der Waals surface area contributed by atoms with Crippen LogP contribution in [0, 0.1) is 25.5 Å². The Morgan fingerprint density at radius 2 is 1.04 bits per heavy atom. The van der Waals surface area contributed by atoms with E-state index in [0.29, 0.717) is 47.9 Å². The zero-order valence-corrected chi connectivity index (χ0v) is 40.9. The molecule has 380 valence electrons. The number of methoxy groups -OCH3 is 2. The first-order valence-corrected chi connectivity index (χ1v) is 24.6. The Morgan fingerprint density at radius 3 is 1.44 bits per heavy atom. The molecule has 6 aromatic rings. The van der Waals surface area contributed by atoms with Crippen molar-refractivity contribution in [2.45, 2.75) is 76.3 Å². The third-order valence-corrected chi connectivity index (χ3v) is 15.0. The fraction of sp³-hybridized carbons (Fsp3) is 0.250. The lowest BCUT2D eigenvalue weighted by Crippen LogP contribution is -2.27. The third kappa shape index (κ3) is 12.8. The predicted molar refractivity (Wildman–Crippen MR) is 269 cm³/mol. The molecule has 2 aromatic heterocycles. The van der Waals surface area contributed by atoms with Gasteiger partial charge in [-0.25, -0.2) is 43.2 Å². The highest BCUT2D eigenvalue weighted by Gasteiger charge is 2.37. The maximum atomic E-state index is 13.5. The summed E-state index contributed by atoms with van der Waals surface area (Å²) in [6.45, 7) is 3.68. The number of nitrogens with one attached hydrogen (secondary N) is 3. The summed E-state index contributed by atoms with van der Waals surface area (Å²) in [5.41, 5.74) is 9.72. The minimum atomic E-state index is -4.15. The van der Waals surface area contributed by atoms with Crippen LogP contribution in [-0.4, -0.2) is 62.3 Å². The number of hydrogen-bond donors (Lipinski definition) is 4. The molecule has 2 aliphatic rings. The van der Waals surface area contributed by atoms with E-state index >= 15 is 0 Å². The first-order valence-electron chi connectivity index (χ1n) is 20.6. The Labute approximate surface area is 425 Å². The molecule has 0 saturated heterocycles. The van der Waals surface area contributed by atoms with E-state index in [1.165, 1.54) is 75.1 Å². The largest absolute Gasteiger partial charge is 0.457 e. The van der Waals surface area contributed by atoms with Crippen molar-refractivity contribution in [3.05, 3.63) is 164 Å². The highest BCUT2D eigenvalue weighted by atomic mass is 35.5. The van der Waals surface area contributed by atoms with Gasteiger partial charge in [0.25, 0.3) is 31.9 Å². The van der Waals surface area contributed by atoms with Crippen molar-refractivity contribution in [1.82, 2.24) is 13.3 Å². The molecule has 2 unspecified atom stereocenters. The number of fused-ring (bicyclic) bond motifs is 2. The van der Waals surface area contributed by atoms with E-state index < -0.39 is 61.1 Å². The molecule has 2 atom stereocenters. The van der Waals surface area contributed by atoms with Gasteiger partial charge in [0.1, 0.15) is 23.0 Å². The summed E-state index contributed by atoms with van der Waals surface area (Å²) in [6.07, 6.45) is 4.04. The van der Waals surface area contributed by atoms with E-state index in [0.717, 1.165) is 31.2 Å². The Balaban J connectivity index is 0.000000276. The van der Waals surface area contributed by atoms with Crippen LogP contribution < -0.4 is 21.7 Å². The number of rotatable bonds is 9. The monoisotopic (exact) mass is 1080 g/mol. The van der Waals surface area contributed by atoms with E-state index in [-0.39, 0.29) is 63.5 Å². The van der Waals surface area contributed by atoms with Gasteiger partial charge in [0.05, 0.1) is 40.1 Å². The molecular weight excluding hydrogens is 1030 g/mol. The minimum absolute atomic E-state index is 0. The van der Waals surface area contributed by atoms with Gasteiger partial charge in [-0.2, -0.15) is 0 Å². The standard InChI is InChI=1S/C23H21ClFN3O5S.C21H19ClFN3O3S.C2H3ClO2.2CH4/c1-13-3-6-15(7-4-13)34(31,32)28-12-17-16(8-10-20(17)27-23(30)33-2)21(28)22(29)26-14-5-9-19(25)18(24)11-14;1-12-2-5-14(6-3-12)30(28,29)26-11-16-15(7-9-19(16)24)20(26)21(27)25-13-4-8-18(23)17(22)10-13;1-5-2(3)4;;/h3-7,9,11-12,20H,8,10H2,1-2H3,(H,26,29)(H,27,30);2-6,8,10-11,19H,7,9,24H2,1H3,(H,25,27);1H3;2*1H4. The number of carbonyl (C=O) groups is 4. The second kappa shape index (κ2) is 23.7. The van der Waals surface area contributed by atoms with Crippen LogP contribution in [0.25, 0.3) is 0 Å². The number of anilines is 2. The lowest BCUT2D eigenvalue weighted by atomic mass is 10.1. The number of aromatic nitrogens is 2. The van der Waals surface area contributed by atoms with Crippen molar-refractivity contribution in [1.29, 1.82) is 0 Å². The topological polar surface area (TPSA) is 227 Å². The molecule has 4 aromatic carbocycles. The molecule has 0 spiro atoms. The second-order valence-corrected chi connectivity index (χ2v) is 20.3. The van der Waals surface area contributed by atoms with Crippen LogP contribution in [0.4, 0.5) is 29.7 Å². The normalized spacial score (nSPS) is 14.3. The molecule has 3 amide bonds. The SMILES string of the molecule is C.C.COC(=O)Cl.COC(=O)NC1CCc2c1cn(S(=O)(=O)c1ccc(C)cc1)c2C(=O)Nc1ccc(F)c(Cl)c1.Cc1ccc(S(=O)(=O)n2cc3c(c2C(=O)Nc2ccc(F)c(Cl)c2)CCC3N)cc1. The smallest absolute Gasteiger partial charge is 0.407 e. The van der Waals surface area contributed by atoms with E-state index in [4.69, 9.17) is 28.9 Å². The summed E-state index contributed by atoms with van der Waals surface area (Å²) in [6, 6.07) is 19.1. The van der Waals surface area contributed by atoms with Gasteiger partial charge in [-0.1, -0.05) is 73.4 Å². The van der Waals surface area contributed by atoms with Crippen molar-refractivity contribution >= 4 is 89.6 Å². The molecule has 16 nitrogen and oxygen atoms in total. The van der Waals surface area contributed by atoms with Crippen LogP contribution >= 0.6 is 34.8 Å². The Bertz CT molecular complexity index is 3190. The van der Waals surface area contributed by atoms with Gasteiger partial charge in [-0.05, 0) is 122 Å². The average molecular weight is 1080 g/mol. The quantitative estimate of drug-likeness (QED) is 0.0996. The van der Waals surface area contributed by atoms with E-state index in [2.05, 4.69) is 37.0 Å². The molecule has 23 heteroatoms. The summed E-state index contributed by atoms with van der Waals surface area (Å²) in [7, 11) is -5.73. The van der Waals surface area contributed by atoms with E-state index in [1.54, 1.807) is 24.3 Å². The first-order chi connectivity index (χ1) is 32.6. The molecule has 0 fully saturated rings. The minimum Gasteiger partial charge on any atom is -0.457 e. The highest BCUT2D eigenvalue weighted by Crippen LogP contribution is 2.38. The zero-order chi connectivity index (χ0) is 50.5. The van der Waals surface area contributed by atoms with Crippen LogP contribution in [0.2, 0.25) is 10.0 Å². The molecule has 0 saturated carbocycles. The maximum Gasteiger partial charge on any atom is 0.407 e.